The maximum Gasteiger partial charge on any atom is 0.319 e. The summed E-state index contributed by atoms with van der Waals surface area (Å²) in [5, 5.41) is 6.54. The Morgan fingerprint density at radius 1 is 0.840 bits per heavy atom. The summed E-state index contributed by atoms with van der Waals surface area (Å²) in [6.07, 6.45) is 0.721. The van der Waals surface area contributed by atoms with E-state index in [0.29, 0.717) is 10.7 Å². The maximum atomic E-state index is 12.4. The molecule has 0 spiro atoms. The molecule has 3 aromatic rings. The molecule has 0 aliphatic heterocycles. The van der Waals surface area contributed by atoms with E-state index in [1.807, 2.05) is 48.5 Å². The SMILES string of the molecule is O=C(Nc1ccc(Cl)cc1)N[C@H](Cc1ccccc1)c1ccccc1. The Labute approximate surface area is 152 Å². The number of benzene rings is 3. The number of halogens is 1. The van der Waals surface area contributed by atoms with Crippen LogP contribution in [0.2, 0.25) is 5.02 Å². The summed E-state index contributed by atoms with van der Waals surface area (Å²) in [4.78, 5) is 12.4. The van der Waals surface area contributed by atoms with Crippen molar-refractivity contribution in [2.45, 2.75) is 12.5 Å². The zero-order valence-corrected chi connectivity index (χ0v) is 14.4. The molecule has 1 atom stereocenters. The van der Waals surface area contributed by atoms with Gasteiger partial charge in [-0.15, -0.1) is 0 Å². The number of hydrogen-bond donors (Lipinski definition) is 2. The first-order chi connectivity index (χ1) is 12.2. The average Bonchev–Trinajstić information content (AvgIpc) is 2.65. The highest BCUT2D eigenvalue weighted by atomic mass is 35.5. The van der Waals surface area contributed by atoms with Crippen molar-refractivity contribution < 1.29 is 4.79 Å². The molecule has 0 fully saturated rings. The second kappa shape index (κ2) is 8.36. The molecule has 2 amide bonds. The molecule has 0 unspecified atom stereocenters. The number of rotatable bonds is 5. The topological polar surface area (TPSA) is 41.1 Å². The van der Waals surface area contributed by atoms with Crippen LogP contribution in [0.4, 0.5) is 10.5 Å². The third kappa shape index (κ3) is 5.10. The van der Waals surface area contributed by atoms with Gasteiger partial charge in [-0.2, -0.15) is 0 Å². The molecule has 0 bridgehead atoms. The van der Waals surface area contributed by atoms with Gasteiger partial charge in [0.1, 0.15) is 0 Å². The van der Waals surface area contributed by atoms with Gasteiger partial charge in [0.25, 0.3) is 0 Å². The van der Waals surface area contributed by atoms with E-state index in [4.69, 9.17) is 11.6 Å². The molecule has 0 aromatic heterocycles. The van der Waals surface area contributed by atoms with Gasteiger partial charge in [-0.05, 0) is 41.8 Å². The van der Waals surface area contributed by atoms with Crippen LogP contribution in [0.15, 0.2) is 84.9 Å². The van der Waals surface area contributed by atoms with Crippen LogP contribution in [0, 0.1) is 0 Å². The first-order valence-corrected chi connectivity index (χ1v) is 8.50. The van der Waals surface area contributed by atoms with Gasteiger partial charge < -0.3 is 10.6 Å². The van der Waals surface area contributed by atoms with E-state index in [-0.39, 0.29) is 12.1 Å². The Morgan fingerprint density at radius 3 is 2.08 bits per heavy atom. The second-order valence-corrected chi connectivity index (χ2v) is 6.19. The largest absolute Gasteiger partial charge is 0.331 e. The predicted octanol–water partition coefficient (Wildman–Crippen LogP) is 5.45. The predicted molar refractivity (Wildman–Crippen MR) is 103 cm³/mol. The molecular formula is C21H19ClN2O. The Morgan fingerprint density at radius 2 is 1.44 bits per heavy atom. The normalized spacial score (nSPS) is 11.6. The van der Waals surface area contributed by atoms with E-state index in [1.165, 1.54) is 5.56 Å². The maximum absolute atomic E-state index is 12.4. The van der Waals surface area contributed by atoms with E-state index in [0.717, 1.165) is 12.0 Å². The molecule has 3 rings (SSSR count). The third-order valence-corrected chi connectivity index (χ3v) is 4.14. The Kier molecular flexibility index (Phi) is 5.70. The monoisotopic (exact) mass is 350 g/mol. The van der Waals surface area contributed by atoms with Gasteiger partial charge in [0, 0.05) is 10.7 Å². The number of amides is 2. The lowest BCUT2D eigenvalue weighted by Crippen LogP contribution is -2.33. The molecule has 0 saturated heterocycles. The summed E-state index contributed by atoms with van der Waals surface area (Å²) < 4.78 is 0. The van der Waals surface area contributed by atoms with Crippen molar-refractivity contribution in [1.82, 2.24) is 5.32 Å². The molecule has 25 heavy (non-hydrogen) atoms. The van der Waals surface area contributed by atoms with E-state index in [2.05, 4.69) is 22.8 Å². The summed E-state index contributed by atoms with van der Waals surface area (Å²) in [6.45, 7) is 0. The van der Waals surface area contributed by atoms with Gasteiger partial charge in [-0.25, -0.2) is 4.79 Å². The van der Waals surface area contributed by atoms with Crippen LogP contribution in [-0.2, 0) is 6.42 Å². The minimum absolute atomic E-state index is 0.115. The van der Waals surface area contributed by atoms with Gasteiger partial charge in [0.05, 0.1) is 6.04 Å². The highest BCUT2D eigenvalue weighted by Gasteiger charge is 2.15. The molecule has 2 N–H and O–H groups in total. The zero-order chi connectivity index (χ0) is 17.5. The van der Waals surface area contributed by atoms with Crippen LogP contribution < -0.4 is 10.6 Å². The average molecular weight is 351 g/mol. The van der Waals surface area contributed by atoms with E-state index >= 15 is 0 Å². The molecule has 3 aromatic carbocycles. The summed E-state index contributed by atoms with van der Waals surface area (Å²) in [5.41, 5.74) is 2.94. The van der Waals surface area contributed by atoms with Crippen molar-refractivity contribution in [3.63, 3.8) is 0 Å². The number of carbonyl (C=O) groups excluding carboxylic acids is 1. The quantitative estimate of drug-likeness (QED) is 0.631. The Hall–Kier alpha value is -2.78. The molecule has 0 saturated carbocycles. The molecule has 0 radical (unpaired) electrons. The number of hydrogen-bond acceptors (Lipinski definition) is 1. The van der Waals surface area contributed by atoms with Crippen LogP contribution in [0.1, 0.15) is 17.2 Å². The lowest BCUT2D eigenvalue weighted by Gasteiger charge is -2.20. The minimum Gasteiger partial charge on any atom is -0.331 e. The van der Waals surface area contributed by atoms with Crippen LogP contribution in [0.3, 0.4) is 0 Å². The smallest absolute Gasteiger partial charge is 0.319 e. The number of urea groups is 1. The van der Waals surface area contributed by atoms with Crippen LogP contribution >= 0.6 is 11.6 Å². The Balaban J connectivity index is 1.72. The Bertz CT molecular complexity index is 804. The lowest BCUT2D eigenvalue weighted by molar-refractivity contribution is 0.248. The van der Waals surface area contributed by atoms with Crippen molar-refractivity contribution in [2.75, 3.05) is 5.32 Å². The highest BCUT2D eigenvalue weighted by Crippen LogP contribution is 2.19. The van der Waals surface area contributed by atoms with Crippen LogP contribution in [0.5, 0.6) is 0 Å². The van der Waals surface area contributed by atoms with Gasteiger partial charge >= 0.3 is 6.03 Å². The summed E-state index contributed by atoms with van der Waals surface area (Å²) in [5.74, 6) is 0. The molecule has 0 aliphatic rings. The summed E-state index contributed by atoms with van der Waals surface area (Å²) in [7, 11) is 0. The molecular weight excluding hydrogens is 332 g/mol. The van der Waals surface area contributed by atoms with Gasteiger partial charge in [-0.3, -0.25) is 0 Å². The molecule has 3 nitrogen and oxygen atoms in total. The van der Waals surface area contributed by atoms with Crippen molar-refractivity contribution in [3.8, 4) is 0 Å². The van der Waals surface area contributed by atoms with Crippen molar-refractivity contribution in [2.24, 2.45) is 0 Å². The number of nitrogens with one attached hydrogen (secondary N) is 2. The summed E-state index contributed by atoms with van der Waals surface area (Å²) >= 11 is 5.87. The molecule has 0 aliphatic carbocycles. The lowest BCUT2D eigenvalue weighted by atomic mass is 9.99. The fourth-order valence-corrected chi connectivity index (χ4v) is 2.77. The second-order valence-electron chi connectivity index (χ2n) is 5.76. The van der Waals surface area contributed by atoms with Crippen molar-refractivity contribution in [1.29, 1.82) is 0 Å². The molecule has 4 heteroatoms. The number of anilines is 1. The van der Waals surface area contributed by atoms with E-state index < -0.39 is 0 Å². The van der Waals surface area contributed by atoms with Crippen LogP contribution in [0.25, 0.3) is 0 Å². The van der Waals surface area contributed by atoms with Crippen LogP contribution in [-0.4, -0.2) is 6.03 Å². The first kappa shape index (κ1) is 17.1. The number of carbonyl (C=O) groups is 1. The summed E-state index contributed by atoms with van der Waals surface area (Å²) in [6, 6.07) is 26.8. The standard InChI is InChI=1S/C21H19ClN2O/c22-18-11-13-19(14-12-18)23-21(25)24-20(17-9-5-2-6-10-17)15-16-7-3-1-4-8-16/h1-14,20H,15H2,(H2,23,24,25)/t20-/m1/s1. The van der Waals surface area contributed by atoms with Gasteiger partial charge in [0.2, 0.25) is 0 Å². The highest BCUT2D eigenvalue weighted by molar-refractivity contribution is 6.30. The minimum atomic E-state index is -0.243. The molecule has 126 valence electrons. The van der Waals surface area contributed by atoms with Crippen molar-refractivity contribution >= 4 is 23.3 Å². The fourth-order valence-electron chi connectivity index (χ4n) is 2.65. The van der Waals surface area contributed by atoms with E-state index in [1.54, 1.807) is 24.3 Å². The van der Waals surface area contributed by atoms with Gasteiger partial charge in [0.15, 0.2) is 0 Å². The van der Waals surface area contributed by atoms with E-state index in [9.17, 15) is 4.79 Å². The zero-order valence-electron chi connectivity index (χ0n) is 13.7. The molecule has 0 heterocycles. The van der Waals surface area contributed by atoms with Gasteiger partial charge in [-0.1, -0.05) is 72.3 Å². The third-order valence-electron chi connectivity index (χ3n) is 3.89. The first-order valence-electron chi connectivity index (χ1n) is 8.12. The van der Waals surface area contributed by atoms with Crippen molar-refractivity contribution in [3.05, 3.63) is 101 Å². The fraction of sp³-hybridized carbons (Fsp3) is 0.0952.